The third-order valence-electron chi connectivity index (χ3n) is 5.29. The third-order valence-corrected chi connectivity index (χ3v) is 5.29. The van der Waals surface area contributed by atoms with E-state index in [0.29, 0.717) is 42.8 Å². The molecule has 6 nitrogen and oxygen atoms in total. The van der Waals surface area contributed by atoms with E-state index in [1.165, 1.54) is 0 Å². The number of nitrogens with zero attached hydrogens (tertiary/aromatic N) is 1. The lowest BCUT2D eigenvalue weighted by Gasteiger charge is -2.27. The summed E-state index contributed by atoms with van der Waals surface area (Å²) in [4.78, 5) is 26.2. The molecule has 0 bridgehead atoms. The average molecular weight is 412 g/mol. The van der Waals surface area contributed by atoms with Crippen molar-refractivity contribution in [3.63, 3.8) is 0 Å². The number of likely N-dealkylation sites (N-methyl/N-ethyl adjacent to an activating group) is 1. The molecule has 2 N–H and O–H groups in total. The monoisotopic (exact) mass is 411 g/mol. The quantitative estimate of drug-likeness (QED) is 0.653. The van der Waals surface area contributed by atoms with Crippen molar-refractivity contribution in [3.8, 4) is 5.75 Å². The number of ether oxygens (including phenoxy) is 1. The van der Waals surface area contributed by atoms with E-state index in [1.54, 1.807) is 17.0 Å². The highest BCUT2D eigenvalue weighted by Crippen LogP contribution is 2.25. The summed E-state index contributed by atoms with van der Waals surface area (Å²) in [7, 11) is 0. The number of rotatable bonds is 9. The first-order chi connectivity index (χ1) is 13.0. The molecule has 2 amide bonds. The molecular formula is C21H34ClN3O3. The zero-order valence-corrected chi connectivity index (χ0v) is 18.0. The molecule has 0 spiro atoms. The number of anilines is 1. The van der Waals surface area contributed by atoms with Crippen molar-refractivity contribution >= 4 is 29.9 Å². The fourth-order valence-electron chi connectivity index (χ4n) is 3.56. The van der Waals surface area contributed by atoms with E-state index in [0.717, 1.165) is 25.9 Å². The first-order valence-electron chi connectivity index (χ1n) is 10.0. The van der Waals surface area contributed by atoms with E-state index in [-0.39, 0.29) is 30.8 Å². The molecule has 1 heterocycles. The molecule has 7 heteroatoms. The Kier molecular flexibility index (Phi) is 10.9. The average Bonchev–Trinajstić information content (AvgIpc) is 2.68. The van der Waals surface area contributed by atoms with Gasteiger partial charge < -0.3 is 20.3 Å². The fraction of sp³-hybridized carbons (Fsp3) is 0.619. The van der Waals surface area contributed by atoms with Crippen LogP contribution in [0.5, 0.6) is 5.75 Å². The van der Waals surface area contributed by atoms with Gasteiger partial charge in [0.2, 0.25) is 5.91 Å². The predicted octanol–water partition coefficient (Wildman–Crippen LogP) is 3.32. The molecular weight excluding hydrogens is 378 g/mol. The van der Waals surface area contributed by atoms with Crippen LogP contribution in [0, 0.1) is 11.8 Å². The highest BCUT2D eigenvalue weighted by Gasteiger charge is 2.22. The first kappa shape index (κ1) is 24.2. The molecule has 1 fully saturated rings. The van der Waals surface area contributed by atoms with Crippen LogP contribution in [0.15, 0.2) is 24.3 Å². The van der Waals surface area contributed by atoms with Crippen LogP contribution in [0.25, 0.3) is 0 Å². The Morgan fingerprint density at radius 2 is 1.93 bits per heavy atom. The van der Waals surface area contributed by atoms with Gasteiger partial charge in [0.15, 0.2) is 6.61 Å². The van der Waals surface area contributed by atoms with Crippen LogP contribution >= 0.6 is 12.4 Å². The number of carbonyl (C=O) groups excluding carboxylic acids is 2. The molecule has 1 aromatic carbocycles. The molecule has 2 rings (SSSR count). The molecule has 0 aromatic heterocycles. The highest BCUT2D eigenvalue weighted by atomic mass is 35.5. The van der Waals surface area contributed by atoms with Crippen LogP contribution < -0.4 is 15.4 Å². The van der Waals surface area contributed by atoms with Crippen molar-refractivity contribution in [1.29, 1.82) is 0 Å². The van der Waals surface area contributed by atoms with Crippen LogP contribution in [0.1, 0.15) is 40.0 Å². The summed E-state index contributed by atoms with van der Waals surface area (Å²) < 4.78 is 5.60. The molecule has 0 saturated carbocycles. The van der Waals surface area contributed by atoms with E-state index in [4.69, 9.17) is 4.74 Å². The number of nitrogens with one attached hydrogen (secondary N) is 2. The van der Waals surface area contributed by atoms with Gasteiger partial charge in [-0.05, 0) is 63.7 Å². The van der Waals surface area contributed by atoms with Crippen molar-refractivity contribution in [1.82, 2.24) is 10.2 Å². The molecule has 28 heavy (non-hydrogen) atoms. The van der Waals surface area contributed by atoms with E-state index in [9.17, 15) is 9.59 Å². The second-order valence-electron chi connectivity index (χ2n) is 7.20. The summed E-state index contributed by atoms with van der Waals surface area (Å²) in [6.07, 6.45) is 2.80. The Hall–Kier alpha value is -1.79. The van der Waals surface area contributed by atoms with Gasteiger partial charge in [-0.15, -0.1) is 12.4 Å². The molecule has 158 valence electrons. The largest absolute Gasteiger partial charge is 0.484 e. The smallest absolute Gasteiger partial charge is 0.260 e. The molecule has 1 aliphatic rings. The van der Waals surface area contributed by atoms with Crippen LogP contribution in [0.2, 0.25) is 0 Å². The predicted molar refractivity (Wildman–Crippen MR) is 115 cm³/mol. The van der Waals surface area contributed by atoms with Crippen LogP contribution in [-0.2, 0) is 9.59 Å². The molecule has 1 aliphatic heterocycles. The van der Waals surface area contributed by atoms with E-state index >= 15 is 0 Å². The Labute approximate surface area is 174 Å². The van der Waals surface area contributed by atoms with Crippen molar-refractivity contribution in [2.24, 2.45) is 11.8 Å². The van der Waals surface area contributed by atoms with Gasteiger partial charge in [-0.25, -0.2) is 0 Å². The standard InChI is InChI=1S/C21H33N3O3.ClH/c1-4-24(5-2)21(26)15-27-19-8-6-7-18(14-19)23-20(25)13-16(3)17-9-11-22-12-10-17;/h6-8,14,16-17,22H,4-5,9-13,15H2,1-3H3,(H,23,25);1H. The lowest BCUT2D eigenvalue weighted by molar-refractivity contribution is -0.133. The zero-order valence-electron chi connectivity index (χ0n) is 17.2. The number of amides is 2. The van der Waals surface area contributed by atoms with Gasteiger partial charge in [-0.2, -0.15) is 0 Å². The summed E-state index contributed by atoms with van der Waals surface area (Å²) >= 11 is 0. The number of hydrogen-bond acceptors (Lipinski definition) is 4. The summed E-state index contributed by atoms with van der Waals surface area (Å²) in [6.45, 7) is 9.49. The lowest BCUT2D eigenvalue weighted by Crippen LogP contribution is -2.34. The van der Waals surface area contributed by atoms with E-state index in [1.807, 2.05) is 26.0 Å². The molecule has 1 unspecified atom stereocenters. The Morgan fingerprint density at radius 1 is 1.25 bits per heavy atom. The van der Waals surface area contributed by atoms with Gasteiger partial charge >= 0.3 is 0 Å². The van der Waals surface area contributed by atoms with Gasteiger partial charge in [0.1, 0.15) is 5.75 Å². The summed E-state index contributed by atoms with van der Waals surface area (Å²) in [6, 6.07) is 7.22. The number of halogens is 1. The Balaban J connectivity index is 0.00000392. The van der Waals surface area contributed by atoms with Crippen molar-refractivity contribution in [2.75, 3.05) is 38.1 Å². The van der Waals surface area contributed by atoms with Crippen LogP contribution in [0.3, 0.4) is 0 Å². The number of benzene rings is 1. The number of piperidine rings is 1. The maximum absolute atomic E-state index is 12.4. The highest BCUT2D eigenvalue weighted by molar-refractivity contribution is 5.91. The van der Waals surface area contributed by atoms with E-state index in [2.05, 4.69) is 17.6 Å². The third kappa shape index (κ3) is 7.68. The van der Waals surface area contributed by atoms with Crippen molar-refractivity contribution in [3.05, 3.63) is 24.3 Å². The van der Waals surface area contributed by atoms with Gasteiger partial charge in [-0.3, -0.25) is 9.59 Å². The minimum Gasteiger partial charge on any atom is -0.484 e. The molecule has 0 radical (unpaired) electrons. The second-order valence-corrected chi connectivity index (χ2v) is 7.20. The second kappa shape index (κ2) is 12.6. The zero-order chi connectivity index (χ0) is 19.6. The number of carbonyl (C=O) groups is 2. The SMILES string of the molecule is CCN(CC)C(=O)COc1cccc(NC(=O)CC(C)C2CCNCC2)c1.Cl. The summed E-state index contributed by atoms with van der Waals surface area (Å²) in [5.41, 5.74) is 0.699. The topological polar surface area (TPSA) is 70.7 Å². The minimum absolute atomic E-state index is 0. The summed E-state index contributed by atoms with van der Waals surface area (Å²) in [5, 5.41) is 6.32. The van der Waals surface area contributed by atoms with Gasteiger partial charge in [0, 0.05) is 31.3 Å². The first-order valence-corrected chi connectivity index (χ1v) is 10.0. The van der Waals surface area contributed by atoms with Crippen LogP contribution in [0.4, 0.5) is 5.69 Å². The normalized spacial score (nSPS) is 15.2. The Morgan fingerprint density at radius 3 is 2.57 bits per heavy atom. The number of hydrogen-bond donors (Lipinski definition) is 2. The van der Waals surface area contributed by atoms with Gasteiger partial charge in [0.05, 0.1) is 0 Å². The maximum atomic E-state index is 12.4. The maximum Gasteiger partial charge on any atom is 0.260 e. The van der Waals surface area contributed by atoms with Gasteiger partial charge in [-0.1, -0.05) is 13.0 Å². The minimum atomic E-state index is -0.0368. The Bertz CT molecular complexity index is 617. The molecule has 1 aromatic rings. The van der Waals surface area contributed by atoms with Crippen molar-refractivity contribution < 1.29 is 14.3 Å². The summed E-state index contributed by atoms with van der Waals surface area (Å²) in [5.74, 6) is 1.55. The van der Waals surface area contributed by atoms with Gasteiger partial charge in [0.25, 0.3) is 5.91 Å². The lowest BCUT2D eigenvalue weighted by atomic mass is 9.84. The van der Waals surface area contributed by atoms with Crippen LogP contribution in [-0.4, -0.2) is 49.5 Å². The van der Waals surface area contributed by atoms with Crippen molar-refractivity contribution in [2.45, 2.75) is 40.0 Å². The fourth-order valence-corrected chi connectivity index (χ4v) is 3.56. The molecule has 1 atom stereocenters. The molecule has 1 saturated heterocycles. The van der Waals surface area contributed by atoms with E-state index < -0.39 is 0 Å². The molecule has 0 aliphatic carbocycles.